The summed E-state index contributed by atoms with van der Waals surface area (Å²) in [7, 11) is 0. The Morgan fingerprint density at radius 3 is 2.19 bits per heavy atom. The highest BCUT2D eigenvalue weighted by atomic mass is 32.1. The molecule has 0 aliphatic heterocycles. The smallest absolute Gasteiger partial charge is 0.255 e. The minimum atomic E-state index is -0.0403. The number of anilines is 1. The molecule has 1 N–H and O–H groups in total. The van der Waals surface area contributed by atoms with Gasteiger partial charge in [0.15, 0.2) is 0 Å². The van der Waals surface area contributed by atoms with E-state index in [1.54, 1.807) is 11.3 Å². The zero-order valence-corrected chi connectivity index (χ0v) is 13.9. The van der Waals surface area contributed by atoms with Crippen molar-refractivity contribution in [3.8, 4) is 0 Å². The molecule has 0 aliphatic rings. The van der Waals surface area contributed by atoms with Crippen LogP contribution in [0.15, 0.2) is 41.8 Å². The average molecular weight is 301 g/mol. The van der Waals surface area contributed by atoms with E-state index in [2.05, 4.69) is 38.4 Å². The van der Waals surface area contributed by atoms with Gasteiger partial charge in [0.1, 0.15) is 0 Å². The van der Waals surface area contributed by atoms with Gasteiger partial charge >= 0.3 is 0 Å². The van der Waals surface area contributed by atoms with Crippen LogP contribution < -0.4 is 5.32 Å². The second kappa shape index (κ2) is 6.90. The van der Waals surface area contributed by atoms with Crippen LogP contribution in [0.2, 0.25) is 0 Å². The topological polar surface area (TPSA) is 29.1 Å². The number of rotatable bonds is 5. The second-order valence-electron chi connectivity index (χ2n) is 6.03. The zero-order chi connectivity index (χ0) is 15.4. The van der Waals surface area contributed by atoms with Gasteiger partial charge in [0, 0.05) is 10.4 Å². The van der Waals surface area contributed by atoms with Crippen molar-refractivity contribution in [3.05, 3.63) is 52.2 Å². The highest BCUT2D eigenvalue weighted by Gasteiger charge is 2.24. The monoisotopic (exact) mass is 301 g/mol. The van der Waals surface area contributed by atoms with Gasteiger partial charge in [-0.3, -0.25) is 4.79 Å². The average Bonchev–Trinajstić information content (AvgIpc) is 2.87. The molecule has 0 fully saturated rings. The van der Waals surface area contributed by atoms with Gasteiger partial charge < -0.3 is 5.32 Å². The maximum Gasteiger partial charge on any atom is 0.255 e. The molecule has 3 heteroatoms. The summed E-state index contributed by atoms with van der Waals surface area (Å²) in [6.45, 7) is 8.97. The Morgan fingerprint density at radius 2 is 1.62 bits per heavy atom. The summed E-state index contributed by atoms with van der Waals surface area (Å²) in [5, 5.41) is 5.13. The van der Waals surface area contributed by atoms with Gasteiger partial charge in [-0.05, 0) is 41.3 Å². The minimum Gasteiger partial charge on any atom is -0.321 e. The van der Waals surface area contributed by atoms with Crippen LogP contribution in [0.1, 0.15) is 48.8 Å². The summed E-state index contributed by atoms with van der Waals surface area (Å²) in [5.41, 5.74) is 1.65. The van der Waals surface area contributed by atoms with E-state index in [-0.39, 0.29) is 5.91 Å². The molecule has 0 spiro atoms. The van der Waals surface area contributed by atoms with Gasteiger partial charge in [-0.1, -0.05) is 45.9 Å². The Hall–Kier alpha value is -1.61. The summed E-state index contributed by atoms with van der Waals surface area (Å²) in [6.07, 6.45) is 0. The van der Waals surface area contributed by atoms with E-state index in [4.69, 9.17) is 0 Å². The van der Waals surface area contributed by atoms with Crippen LogP contribution in [-0.2, 0) is 0 Å². The third-order valence-electron chi connectivity index (χ3n) is 3.72. The molecule has 0 aliphatic carbocycles. The third kappa shape index (κ3) is 3.73. The van der Waals surface area contributed by atoms with Crippen molar-refractivity contribution >= 4 is 22.9 Å². The van der Waals surface area contributed by atoms with E-state index >= 15 is 0 Å². The molecule has 2 rings (SSSR count). The predicted octanol–water partition coefficient (Wildman–Crippen LogP) is 5.40. The Labute approximate surface area is 131 Å². The summed E-state index contributed by atoms with van der Waals surface area (Å²) in [6, 6.07) is 11.4. The fraction of sp³-hybridized carbons (Fsp3) is 0.389. The molecular weight excluding hydrogens is 278 g/mol. The van der Waals surface area contributed by atoms with E-state index in [1.807, 2.05) is 36.4 Å². The van der Waals surface area contributed by atoms with Gasteiger partial charge in [0.05, 0.1) is 5.69 Å². The van der Waals surface area contributed by atoms with E-state index in [1.165, 1.54) is 4.88 Å². The predicted molar refractivity (Wildman–Crippen MR) is 91.1 cm³/mol. The molecule has 112 valence electrons. The lowest BCUT2D eigenvalue weighted by Crippen LogP contribution is -2.17. The lowest BCUT2D eigenvalue weighted by molar-refractivity contribution is 0.102. The molecule has 2 aromatic rings. The Balaban J connectivity index is 2.23. The first-order chi connectivity index (χ1) is 10.0. The van der Waals surface area contributed by atoms with Crippen LogP contribution in [0, 0.1) is 11.8 Å². The lowest BCUT2D eigenvalue weighted by Gasteiger charge is -2.25. The van der Waals surface area contributed by atoms with Crippen LogP contribution in [0.25, 0.3) is 0 Å². The number of nitrogens with one attached hydrogen (secondary N) is 1. The van der Waals surface area contributed by atoms with Crippen LogP contribution >= 0.6 is 11.3 Å². The van der Waals surface area contributed by atoms with Crippen LogP contribution in [0.4, 0.5) is 5.69 Å². The molecule has 0 atom stereocenters. The largest absolute Gasteiger partial charge is 0.321 e. The molecular formula is C18H23NOS. The molecule has 1 aromatic carbocycles. The molecule has 0 bridgehead atoms. The molecule has 21 heavy (non-hydrogen) atoms. The highest BCUT2D eigenvalue weighted by molar-refractivity contribution is 7.10. The number of amides is 1. The van der Waals surface area contributed by atoms with Crippen molar-refractivity contribution in [1.82, 2.24) is 0 Å². The normalized spacial score (nSPS) is 11.4. The van der Waals surface area contributed by atoms with Crippen LogP contribution in [0.5, 0.6) is 0 Å². The van der Waals surface area contributed by atoms with Crippen molar-refractivity contribution in [2.24, 2.45) is 11.8 Å². The van der Waals surface area contributed by atoms with E-state index < -0.39 is 0 Å². The summed E-state index contributed by atoms with van der Waals surface area (Å²) >= 11 is 1.74. The van der Waals surface area contributed by atoms with Gasteiger partial charge in [-0.15, -0.1) is 11.3 Å². The Kier molecular flexibility index (Phi) is 5.18. The fourth-order valence-corrected chi connectivity index (χ4v) is 4.14. The highest BCUT2D eigenvalue weighted by Crippen LogP contribution is 2.39. The standard InChI is InChI=1S/C18H23NOS/c1-12(2)16(13(3)4)17-15(10-11-21-17)19-18(20)14-8-6-5-7-9-14/h5-13,16H,1-4H3,(H,19,20). The molecule has 0 unspecified atom stereocenters. The lowest BCUT2D eigenvalue weighted by atomic mass is 9.84. The van der Waals surface area contributed by atoms with Gasteiger partial charge in [0.25, 0.3) is 5.91 Å². The number of hydrogen-bond acceptors (Lipinski definition) is 2. The molecule has 0 saturated carbocycles. The fourth-order valence-electron chi connectivity index (χ4n) is 2.84. The third-order valence-corrected chi connectivity index (χ3v) is 4.74. The Morgan fingerprint density at radius 1 is 1.00 bits per heavy atom. The van der Waals surface area contributed by atoms with Crippen molar-refractivity contribution in [1.29, 1.82) is 0 Å². The van der Waals surface area contributed by atoms with Crippen LogP contribution in [-0.4, -0.2) is 5.91 Å². The van der Waals surface area contributed by atoms with Gasteiger partial charge in [-0.25, -0.2) is 0 Å². The van der Waals surface area contributed by atoms with Crippen molar-refractivity contribution in [2.75, 3.05) is 5.32 Å². The first-order valence-corrected chi connectivity index (χ1v) is 8.32. The van der Waals surface area contributed by atoms with E-state index in [0.717, 1.165) is 5.69 Å². The molecule has 1 heterocycles. The first-order valence-electron chi connectivity index (χ1n) is 7.44. The summed E-state index contributed by atoms with van der Waals surface area (Å²) in [4.78, 5) is 13.6. The molecule has 1 amide bonds. The van der Waals surface area contributed by atoms with Gasteiger partial charge in [0.2, 0.25) is 0 Å². The number of carbonyl (C=O) groups excluding carboxylic acids is 1. The number of thiophene rings is 1. The van der Waals surface area contributed by atoms with Crippen molar-refractivity contribution < 1.29 is 4.79 Å². The summed E-state index contributed by atoms with van der Waals surface area (Å²) in [5.74, 6) is 1.53. The van der Waals surface area contributed by atoms with Crippen molar-refractivity contribution in [3.63, 3.8) is 0 Å². The van der Waals surface area contributed by atoms with E-state index in [9.17, 15) is 4.79 Å². The number of hydrogen-bond donors (Lipinski definition) is 1. The summed E-state index contributed by atoms with van der Waals surface area (Å²) < 4.78 is 0. The molecule has 1 aromatic heterocycles. The zero-order valence-electron chi connectivity index (χ0n) is 13.1. The van der Waals surface area contributed by atoms with E-state index in [0.29, 0.717) is 23.3 Å². The quantitative estimate of drug-likeness (QED) is 0.787. The van der Waals surface area contributed by atoms with Crippen molar-refractivity contribution in [2.45, 2.75) is 33.6 Å². The molecule has 2 nitrogen and oxygen atoms in total. The Bertz CT molecular complexity index is 578. The number of carbonyl (C=O) groups is 1. The maximum atomic E-state index is 12.3. The first kappa shape index (κ1) is 15.8. The number of benzene rings is 1. The molecule has 0 radical (unpaired) electrons. The minimum absolute atomic E-state index is 0.0403. The maximum absolute atomic E-state index is 12.3. The molecule has 0 saturated heterocycles. The SMILES string of the molecule is CC(C)C(c1sccc1NC(=O)c1ccccc1)C(C)C. The second-order valence-corrected chi connectivity index (χ2v) is 6.98. The van der Waals surface area contributed by atoms with Gasteiger partial charge in [-0.2, -0.15) is 0 Å². The van der Waals surface area contributed by atoms with Crippen LogP contribution in [0.3, 0.4) is 0 Å².